The predicted molar refractivity (Wildman–Crippen MR) is 165 cm³/mol. The van der Waals surface area contributed by atoms with E-state index < -0.39 is 54.6 Å². The molecule has 1 aliphatic carbocycles. The molecule has 0 saturated heterocycles. The lowest BCUT2D eigenvalue weighted by Gasteiger charge is -2.30. The van der Waals surface area contributed by atoms with Gasteiger partial charge in [0, 0.05) is 24.1 Å². The van der Waals surface area contributed by atoms with Gasteiger partial charge in [-0.2, -0.15) is 0 Å². The van der Waals surface area contributed by atoms with Gasteiger partial charge in [0.2, 0.25) is 5.91 Å². The minimum atomic E-state index is -1.45. The Hall–Kier alpha value is -5.71. The summed E-state index contributed by atoms with van der Waals surface area (Å²) >= 11 is 0. The zero-order valence-corrected chi connectivity index (χ0v) is 24.9. The minimum Gasteiger partial charge on any atom is -0.481 e. The van der Waals surface area contributed by atoms with Crippen LogP contribution >= 0.6 is 0 Å². The Morgan fingerprint density at radius 3 is 2.30 bits per heavy atom. The average Bonchev–Trinajstić information content (AvgIpc) is 3.41. The molecule has 0 aliphatic heterocycles. The Bertz CT molecular complexity index is 1780. The molecule has 0 saturated carbocycles. The number of hydrogen-bond donors (Lipinski definition) is 6. The molecule has 14 nitrogen and oxygen atoms in total. The summed E-state index contributed by atoms with van der Waals surface area (Å²) in [6.07, 6.45) is 5.64. The molecule has 0 spiro atoms. The molecule has 2 unspecified atom stereocenters. The van der Waals surface area contributed by atoms with Crippen LogP contribution in [0.4, 0.5) is 5.69 Å². The number of nitrogens with zero attached hydrogens (tertiary/aromatic N) is 2. The van der Waals surface area contributed by atoms with Crippen LogP contribution in [0.25, 0.3) is 10.9 Å². The van der Waals surface area contributed by atoms with Gasteiger partial charge in [0.1, 0.15) is 17.9 Å². The van der Waals surface area contributed by atoms with Crippen LogP contribution in [-0.2, 0) is 25.6 Å². The van der Waals surface area contributed by atoms with Gasteiger partial charge in [-0.1, -0.05) is 5.92 Å². The number of aliphatic carboxylic acids is 3. The van der Waals surface area contributed by atoms with E-state index in [-0.39, 0.29) is 36.6 Å². The van der Waals surface area contributed by atoms with E-state index >= 15 is 0 Å². The largest absolute Gasteiger partial charge is 0.481 e. The number of carboxylic acids is 3. The summed E-state index contributed by atoms with van der Waals surface area (Å²) in [5, 5.41) is 32.6. The van der Waals surface area contributed by atoms with E-state index in [4.69, 9.17) is 11.5 Å². The van der Waals surface area contributed by atoms with Gasteiger partial charge >= 0.3 is 17.9 Å². The highest BCUT2D eigenvalue weighted by atomic mass is 16.4. The van der Waals surface area contributed by atoms with Crippen molar-refractivity contribution >= 4 is 46.3 Å². The van der Waals surface area contributed by atoms with Crippen LogP contribution in [0.5, 0.6) is 0 Å². The summed E-state index contributed by atoms with van der Waals surface area (Å²) in [5.74, 6) is -2.34. The fourth-order valence-corrected chi connectivity index (χ4v) is 5.51. The van der Waals surface area contributed by atoms with Gasteiger partial charge in [-0.3, -0.25) is 19.2 Å². The summed E-state index contributed by atoms with van der Waals surface area (Å²) in [4.78, 5) is 80.8. The van der Waals surface area contributed by atoms with Crippen LogP contribution < -0.4 is 21.1 Å². The molecule has 240 valence electrons. The van der Waals surface area contributed by atoms with Crippen molar-refractivity contribution in [2.24, 2.45) is 0 Å². The van der Waals surface area contributed by atoms with Crippen LogP contribution in [0.15, 0.2) is 41.2 Å². The molecule has 0 bridgehead atoms. The van der Waals surface area contributed by atoms with Crippen molar-refractivity contribution in [1.29, 1.82) is 0 Å². The van der Waals surface area contributed by atoms with E-state index in [1.807, 2.05) is 17.0 Å². The zero-order chi connectivity index (χ0) is 33.5. The molecular weight excluding hydrogens is 598 g/mol. The number of carbonyl (C=O) groups excluding carboxylic acids is 2. The van der Waals surface area contributed by atoms with Crippen molar-refractivity contribution in [2.75, 3.05) is 11.4 Å². The molecule has 1 aromatic heterocycles. The van der Waals surface area contributed by atoms with Gasteiger partial charge in [0.15, 0.2) is 0 Å². The topological polar surface area (TPSA) is 219 Å². The van der Waals surface area contributed by atoms with E-state index in [0.29, 0.717) is 22.4 Å². The fourth-order valence-electron chi connectivity index (χ4n) is 5.51. The number of aromatic nitrogens is 2. The second kappa shape index (κ2) is 14.4. The van der Waals surface area contributed by atoms with Gasteiger partial charge in [-0.25, -0.2) is 14.6 Å². The van der Waals surface area contributed by atoms with Crippen molar-refractivity contribution in [3.63, 3.8) is 0 Å². The van der Waals surface area contributed by atoms with Gasteiger partial charge in [0.25, 0.3) is 11.5 Å². The van der Waals surface area contributed by atoms with Crippen molar-refractivity contribution in [3.05, 3.63) is 69.3 Å². The summed E-state index contributed by atoms with van der Waals surface area (Å²) in [7, 11) is 0. The van der Waals surface area contributed by atoms with Crippen molar-refractivity contribution in [2.45, 2.75) is 63.6 Å². The Labute approximate surface area is 262 Å². The van der Waals surface area contributed by atoms with Crippen LogP contribution in [0.3, 0.4) is 0 Å². The van der Waals surface area contributed by atoms with Gasteiger partial charge < -0.3 is 35.8 Å². The number of carbonyl (C=O) groups is 5. The molecule has 2 aromatic carbocycles. The highest BCUT2D eigenvalue weighted by molar-refractivity contribution is 5.97. The number of terminal acetylenes is 1. The standard InChI is InChI=1S/C32H33N5O9/c1-3-14-37(26-11-6-19-15-25-22(16-21(19)26)30(42)34-17(2)33-25)20-7-4-18(5-8-20)29(41)36-24(32(45)46)9-12-27(38)35-23(31(43)44)10-13-28(39)40/h1,4-5,7-8,15-16,23-24,26H,6,9-14H2,2H3,(H,35,38)(H,36,41)(H,39,40)(H,43,44)(H,45,46)(H,33,34,42)/t23?,24-,26?/m0/s1. The molecule has 46 heavy (non-hydrogen) atoms. The molecule has 1 heterocycles. The third kappa shape index (κ3) is 7.86. The number of aromatic amines is 1. The number of amides is 2. The van der Waals surface area contributed by atoms with Crippen molar-refractivity contribution < 1.29 is 39.3 Å². The number of H-pyrrole nitrogens is 1. The molecule has 4 rings (SSSR count). The SMILES string of the molecule is C#CCN(c1ccc(C(=O)N[C@@H](CCC(=O)NC(CCC(=O)O)C(=O)O)C(=O)O)cc1)C1CCc2cc3nc(C)[nH]c(=O)c3cc21. The monoisotopic (exact) mass is 631 g/mol. The lowest BCUT2D eigenvalue weighted by molar-refractivity contribution is -0.143. The second-order valence-electron chi connectivity index (χ2n) is 10.9. The first-order valence-corrected chi connectivity index (χ1v) is 14.5. The maximum Gasteiger partial charge on any atom is 0.326 e. The molecule has 0 radical (unpaired) electrons. The number of benzene rings is 2. The highest BCUT2D eigenvalue weighted by Crippen LogP contribution is 2.39. The molecule has 0 fully saturated rings. The third-order valence-corrected chi connectivity index (χ3v) is 7.77. The summed E-state index contributed by atoms with van der Waals surface area (Å²) < 4.78 is 0. The maximum atomic E-state index is 12.9. The van der Waals surface area contributed by atoms with Crippen LogP contribution in [0, 0.1) is 19.3 Å². The summed E-state index contributed by atoms with van der Waals surface area (Å²) in [6.45, 7) is 1.97. The quantitative estimate of drug-likeness (QED) is 0.141. The lowest BCUT2D eigenvalue weighted by Crippen LogP contribution is -2.44. The van der Waals surface area contributed by atoms with Gasteiger partial charge in [-0.15, -0.1) is 6.42 Å². The Kier molecular flexibility index (Phi) is 10.4. The first kappa shape index (κ1) is 33.2. The molecule has 3 atom stereocenters. The normalized spacial score (nSPS) is 14.8. The van der Waals surface area contributed by atoms with Gasteiger partial charge in [0.05, 0.1) is 23.5 Å². The Morgan fingerprint density at radius 2 is 1.67 bits per heavy atom. The first-order valence-electron chi connectivity index (χ1n) is 14.5. The summed E-state index contributed by atoms with van der Waals surface area (Å²) in [5.41, 5.74) is 3.30. The molecule has 14 heteroatoms. The zero-order valence-electron chi connectivity index (χ0n) is 24.9. The van der Waals surface area contributed by atoms with E-state index in [2.05, 4.69) is 26.5 Å². The van der Waals surface area contributed by atoms with Crippen molar-refractivity contribution in [1.82, 2.24) is 20.6 Å². The van der Waals surface area contributed by atoms with E-state index in [1.165, 1.54) is 12.1 Å². The smallest absolute Gasteiger partial charge is 0.326 e. The fraction of sp³-hybridized carbons (Fsp3) is 0.344. The Balaban J connectivity index is 1.43. The molecule has 1 aliphatic rings. The van der Waals surface area contributed by atoms with Crippen molar-refractivity contribution in [3.8, 4) is 12.3 Å². The average molecular weight is 632 g/mol. The number of rotatable bonds is 14. The maximum absolute atomic E-state index is 12.9. The minimum absolute atomic E-state index is 0.136. The Morgan fingerprint density at radius 1 is 1.02 bits per heavy atom. The van der Waals surface area contributed by atoms with Crippen LogP contribution in [0.1, 0.15) is 65.5 Å². The van der Waals surface area contributed by atoms with Crippen LogP contribution in [-0.4, -0.2) is 73.6 Å². The molecule has 6 N–H and O–H groups in total. The first-order chi connectivity index (χ1) is 21.9. The van der Waals surface area contributed by atoms with E-state index in [1.54, 1.807) is 19.1 Å². The van der Waals surface area contributed by atoms with E-state index in [9.17, 15) is 39.0 Å². The number of aryl methyl sites for hydroxylation is 2. The van der Waals surface area contributed by atoms with Crippen LogP contribution in [0.2, 0.25) is 0 Å². The predicted octanol–water partition coefficient (Wildman–Crippen LogP) is 1.76. The number of hydrogen-bond acceptors (Lipinski definition) is 8. The number of carboxylic acid groups (broad SMARTS) is 3. The number of anilines is 1. The summed E-state index contributed by atoms with van der Waals surface area (Å²) in [6, 6.07) is 7.16. The lowest BCUT2D eigenvalue weighted by atomic mass is 10.0. The number of nitrogens with one attached hydrogen (secondary N) is 3. The molecular formula is C32H33N5O9. The molecule has 2 amide bonds. The highest BCUT2D eigenvalue weighted by Gasteiger charge is 2.30. The number of fused-ring (bicyclic) bond motifs is 2. The van der Waals surface area contributed by atoms with E-state index in [0.717, 1.165) is 24.0 Å². The third-order valence-electron chi connectivity index (χ3n) is 7.77. The van der Waals surface area contributed by atoms with Gasteiger partial charge in [-0.05, 0) is 80.1 Å². The second-order valence-corrected chi connectivity index (χ2v) is 10.9. The molecule has 3 aromatic rings.